The largest absolute Gasteiger partial charge is 0.464 e. The highest BCUT2D eigenvalue weighted by Gasteiger charge is 2.19. The van der Waals surface area contributed by atoms with Gasteiger partial charge in [-0.1, -0.05) is 49.5 Å². The van der Waals surface area contributed by atoms with E-state index < -0.39 is 26.7 Å². The second kappa shape index (κ2) is 6.97. The number of hydrogen-bond acceptors (Lipinski definition) is 5. The van der Waals surface area contributed by atoms with Crippen molar-refractivity contribution >= 4 is 54.7 Å². The predicted molar refractivity (Wildman–Crippen MR) is 98.2 cm³/mol. The molecule has 5 nitrogen and oxygen atoms in total. The summed E-state index contributed by atoms with van der Waals surface area (Å²) in [5.74, 6) is -0.0767. The molecule has 0 radical (unpaired) electrons. The van der Waals surface area contributed by atoms with Crippen molar-refractivity contribution in [2.24, 2.45) is 0 Å². The monoisotopic (exact) mass is 429 g/mol. The molecule has 0 spiro atoms. The van der Waals surface area contributed by atoms with Gasteiger partial charge in [-0.25, -0.2) is 14.8 Å². The van der Waals surface area contributed by atoms with Gasteiger partial charge in [0.25, 0.3) is 0 Å². The van der Waals surface area contributed by atoms with Gasteiger partial charge in [-0.3, -0.25) is 0 Å². The van der Waals surface area contributed by atoms with Gasteiger partial charge in [0, 0.05) is 19.7 Å². The fourth-order valence-corrected chi connectivity index (χ4v) is 3.59. The van der Waals surface area contributed by atoms with E-state index in [4.69, 9.17) is 22.1 Å². The number of carbonyl (C=O) groups is 1. The van der Waals surface area contributed by atoms with Crippen LogP contribution in [0.2, 0.25) is 5.02 Å². The van der Waals surface area contributed by atoms with Gasteiger partial charge in [0.05, 0.1) is 7.11 Å². The molecule has 22 heavy (non-hydrogen) atoms. The van der Waals surface area contributed by atoms with E-state index in [1.54, 1.807) is 12.1 Å². The fraction of sp³-hybridized carbons (Fsp3) is 0.0667. The molecule has 0 atom stereocenters. The smallest absolute Gasteiger partial charge is 0.357 e. The van der Waals surface area contributed by atoms with Gasteiger partial charge in [0.2, 0.25) is 0 Å². The highest BCUT2D eigenvalue weighted by molar-refractivity contribution is 14.2. The standard InChI is InChI=1S/C15H13ClIN3O2/c1-4-9-12(15(21)22-3)19-14(20-13(9)18)10-6-5-8(16)7-11(10)17-2/h4-7H,1-2H2,3H3,(H2,18,19,20). The topological polar surface area (TPSA) is 78.1 Å². The first-order valence-electron chi connectivity index (χ1n) is 6.08. The van der Waals surface area contributed by atoms with E-state index in [0.717, 1.165) is 9.13 Å². The molecule has 0 bridgehead atoms. The molecular weight excluding hydrogens is 417 g/mol. The number of nitrogens with two attached hydrogens (primary N) is 1. The number of nitrogen functional groups attached to an aromatic ring is 1. The number of ether oxygens (including phenoxy) is 1. The third kappa shape index (κ3) is 3.17. The SMILES string of the molecule is C=Cc1c(N)nc(-c2ccc(Cl)cc2I=C)nc1C(=O)OC. The third-order valence-electron chi connectivity index (χ3n) is 2.87. The van der Waals surface area contributed by atoms with Crippen molar-refractivity contribution in [1.82, 2.24) is 9.97 Å². The van der Waals surface area contributed by atoms with E-state index >= 15 is 0 Å². The summed E-state index contributed by atoms with van der Waals surface area (Å²) < 4.78 is 9.68. The lowest BCUT2D eigenvalue weighted by Gasteiger charge is -2.10. The molecule has 0 amide bonds. The number of halogens is 2. The summed E-state index contributed by atoms with van der Waals surface area (Å²) in [7, 11) is 1.28. The van der Waals surface area contributed by atoms with Crippen molar-refractivity contribution in [3.05, 3.63) is 44.6 Å². The third-order valence-corrected chi connectivity index (χ3v) is 4.82. The maximum Gasteiger partial charge on any atom is 0.357 e. The number of carbonyl (C=O) groups excluding carboxylic acids is 1. The Morgan fingerprint density at radius 2 is 2.18 bits per heavy atom. The van der Waals surface area contributed by atoms with E-state index in [1.807, 2.05) is 6.07 Å². The number of hydrogen-bond donors (Lipinski definition) is 1. The Morgan fingerprint density at radius 3 is 2.77 bits per heavy atom. The lowest BCUT2D eigenvalue weighted by Crippen LogP contribution is -2.12. The highest BCUT2D eigenvalue weighted by atomic mass is 127. The maximum absolute atomic E-state index is 11.9. The quantitative estimate of drug-likeness (QED) is 0.595. The molecule has 0 aliphatic rings. The van der Waals surface area contributed by atoms with Gasteiger partial charge in [-0.15, -0.1) is 0 Å². The molecule has 1 aromatic heterocycles. The van der Waals surface area contributed by atoms with Crippen molar-refractivity contribution in [1.29, 1.82) is 0 Å². The minimum atomic E-state index is -0.593. The number of esters is 1. The molecule has 2 rings (SSSR count). The summed E-state index contributed by atoms with van der Waals surface area (Å²) in [5.41, 5.74) is 7.13. The molecule has 0 fully saturated rings. The van der Waals surface area contributed by atoms with Crippen molar-refractivity contribution in [2.45, 2.75) is 0 Å². The van der Waals surface area contributed by atoms with E-state index in [1.165, 1.54) is 13.2 Å². The molecule has 7 heteroatoms. The molecule has 114 valence electrons. The van der Waals surface area contributed by atoms with Crippen LogP contribution >= 0.6 is 32.3 Å². The van der Waals surface area contributed by atoms with Crippen LogP contribution < -0.4 is 5.73 Å². The zero-order valence-corrected chi connectivity index (χ0v) is 14.7. The number of rotatable bonds is 4. The Balaban J connectivity index is 2.72. The summed E-state index contributed by atoms with van der Waals surface area (Å²) >= 11 is 5.51. The van der Waals surface area contributed by atoms with Crippen molar-refractivity contribution < 1.29 is 9.53 Å². The van der Waals surface area contributed by atoms with Gasteiger partial charge in [0.15, 0.2) is 11.5 Å². The first kappa shape index (κ1) is 16.6. The summed E-state index contributed by atoms with van der Waals surface area (Å²) in [4.78, 5) is 20.5. The second-order valence-corrected chi connectivity index (χ2v) is 6.51. The zero-order valence-electron chi connectivity index (χ0n) is 11.8. The van der Waals surface area contributed by atoms with Crippen LogP contribution in [0.25, 0.3) is 17.5 Å². The van der Waals surface area contributed by atoms with Gasteiger partial charge in [-0.2, -0.15) is 0 Å². The van der Waals surface area contributed by atoms with Crippen LogP contribution in [0.4, 0.5) is 5.82 Å². The highest BCUT2D eigenvalue weighted by Crippen LogP contribution is 2.29. The lowest BCUT2D eigenvalue weighted by atomic mass is 10.1. The van der Waals surface area contributed by atoms with Crippen molar-refractivity contribution in [3.8, 4) is 11.4 Å². The molecule has 1 heterocycles. The number of anilines is 1. The summed E-state index contributed by atoms with van der Waals surface area (Å²) in [6, 6.07) is 5.36. The Morgan fingerprint density at radius 1 is 1.45 bits per heavy atom. The van der Waals surface area contributed by atoms with Crippen LogP contribution in [0.5, 0.6) is 0 Å². The van der Waals surface area contributed by atoms with Crippen LogP contribution in [0.3, 0.4) is 0 Å². The molecule has 2 aromatic rings. The fourth-order valence-electron chi connectivity index (χ4n) is 1.84. The molecule has 1 aromatic carbocycles. The van der Waals surface area contributed by atoms with Gasteiger partial charge < -0.3 is 10.5 Å². The summed E-state index contributed by atoms with van der Waals surface area (Å²) in [6.07, 6.45) is 1.43. The van der Waals surface area contributed by atoms with Gasteiger partial charge in [0.1, 0.15) is 5.82 Å². The summed E-state index contributed by atoms with van der Waals surface area (Å²) in [6.45, 7) is 3.63. The maximum atomic E-state index is 11.9. The average Bonchev–Trinajstić information content (AvgIpc) is 2.53. The van der Waals surface area contributed by atoms with Crippen LogP contribution in [0, 0.1) is 3.57 Å². The number of nitrogens with zero attached hydrogens (tertiary/aromatic N) is 2. The zero-order chi connectivity index (χ0) is 16.3. The Hall–Kier alpha value is -1.80. The van der Waals surface area contributed by atoms with E-state index in [2.05, 4.69) is 21.1 Å². The number of aromatic nitrogens is 2. The number of methoxy groups -OCH3 is 1. The average molecular weight is 430 g/mol. The Bertz CT molecular complexity index is 778. The Labute approximate surface area is 142 Å². The van der Waals surface area contributed by atoms with Crippen LogP contribution in [0.1, 0.15) is 16.1 Å². The minimum Gasteiger partial charge on any atom is -0.464 e. The summed E-state index contributed by atoms with van der Waals surface area (Å²) in [5, 5.41) is 0.617. The van der Waals surface area contributed by atoms with E-state index in [9.17, 15) is 4.79 Å². The molecule has 0 saturated carbocycles. The van der Waals surface area contributed by atoms with Gasteiger partial charge in [-0.05, 0) is 18.2 Å². The molecule has 0 aliphatic heterocycles. The Kier molecular flexibility index (Phi) is 5.25. The second-order valence-electron chi connectivity index (χ2n) is 4.15. The first-order chi connectivity index (χ1) is 10.5. The molecule has 0 aliphatic carbocycles. The molecule has 0 saturated heterocycles. The number of benzene rings is 1. The van der Waals surface area contributed by atoms with Crippen LogP contribution in [0.15, 0.2) is 24.8 Å². The molecule has 0 unspecified atom stereocenters. The van der Waals surface area contributed by atoms with Gasteiger partial charge >= 0.3 is 5.97 Å². The molecular formula is C15H13ClIN3O2. The normalized spacial score (nSPS) is 10.3. The predicted octanol–water partition coefficient (Wildman–Crippen LogP) is 3.38. The van der Waals surface area contributed by atoms with E-state index in [0.29, 0.717) is 16.4 Å². The van der Waals surface area contributed by atoms with Crippen molar-refractivity contribution in [2.75, 3.05) is 12.8 Å². The van der Waals surface area contributed by atoms with Crippen LogP contribution in [-0.4, -0.2) is 27.6 Å². The minimum absolute atomic E-state index is 0.0863. The van der Waals surface area contributed by atoms with E-state index in [-0.39, 0.29) is 11.5 Å². The molecule has 2 N–H and O–H groups in total. The van der Waals surface area contributed by atoms with Crippen LogP contribution in [-0.2, 0) is 4.74 Å². The first-order valence-corrected chi connectivity index (χ1v) is 9.06. The lowest BCUT2D eigenvalue weighted by molar-refractivity contribution is 0.0594. The van der Waals surface area contributed by atoms with Crippen molar-refractivity contribution in [3.63, 3.8) is 0 Å².